The minimum absolute atomic E-state index is 0.0353. The predicted molar refractivity (Wildman–Crippen MR) is 84.9 cm³/mol. The van der Waals surface area contributed by atoms with E-state index in [2.05, 4.69) is 19.9 Å². The van der Waals surface area contributed by atoms with Crippen molar-refractivity contribution in [1.29, 1.82) is 0 Å². The Morgan fingerprint density at radius 1 is 0.950 bits per heavy atom. The molecular formula is C14H29N2O3P. The molecule has 0 saturated heterocycles. The maximum Gasteiger partial charge on any atom is 0.246 e. The lowest BCUT2D eigenvalue weighted by molar-refractivity contribution is -0.127. The van der Waals surface area contributed by atoms with Gasteiger partial charge in [-0.25, -0.2) is 0 Å². The number of rotatable bonds is 12. The number of ether oxygens (including phenoxy) is 1. The fraction of sp³-hybridized carbons (Fsp3) is 0.857. The molecule has 0 radical (unpaired) electrons. The molecule has 0 aliphatic rings. The van der Waals surface area contributed by atoms with Gasteiger partial charge in [0.05, 0.1) is 6.10 Å². The fourth-order valence-corrected chi connectivity index (χ4v) is 1.83. The summed E-state index contributed by atoms with van der Waals surface area (Å²) in [5.74, 6) is -0.0353. The Balaban J connectivity index is 3.16. The Bertz CT molecular complexity index is 273. The molecule has 6 heteroatoms. The molecule has 2 amide bonds. The van der Waals surface area contributed by atoms with Gasteiger partial charge in [-0.1, -0.05) is 25.7 Å². The van der Waals surface area contributed by atoms with Crippen LogP contribution in [-0.2, 0) is 9.53 Å². The largest absolute Gasteiger partial charge is 0.369 e. The predicted octanol–water partition coefficient (Wildman–Crippen LogP) is 2.45. The van der Waals surface area contributed by atoms with Crippen molar-refractivity contribution < 1.29 is 14.3 Å². The van der Waals surface area contributed by atoms with Crippen LogP contribution in [0.15, 0.2) is 0 Å². The first-order chi connectivity index (χ1) is 9.52. The maximum absolute atomic E-state index is 11.3. The Labute approximate surface area is 124 Å². The molecule has 0 aromatic carbocycles. The van der Waals surface area contributed by atoms with Crippen LogP contribution >= 0.6 is 9.24 Å². The van der Waals surface area contributed by atoms with Crippen molar-refractivity contribution >= 4 is 20.8 Å². The summed E-state index contributed by atoms with van der Waals surface area (Å²) in [5.41, 5.74) is -0.0396. The van der Waals surface area contributed by atoms with Crippen LogP contribution in [0.1, 0.15) is 52.4 Å². The molecule has 1 atom stereocenters. The Morgan fingerprint density at radius 3 is 1.95 bits per heavy atom. The van der Waals surface area contributed by atoms with E-state index < -0.39 is 0 Å². The van der Waals surface area contributed by atoms with Crippen molar-refractivity contribution in [2.75, 3.05) is 19.7 Å². The zero-order chi connectivity index (χ0) is 15.2. The highest BCUT2D eigenvalue weighted by Gasteiger charge is 2.01. The van der Waals surface area contributed by atoms with Gasteiger partial charge in [0.2, 0.25) is 11.6 Å². The summed E-state index contributed by atoms with van der Waals surface area (Å²) in [4.78, 5) is 21.9. The van der Waals surface area contributed by atoms with Crippen LogP contribution in [0.3, 0.4) is 0 Å². The molecular weight excluding hydrogens is 275 g/mol. The monoisotopic (exact) mass is 304 g/mol. The van der Waals surface area contributed by atoms with E-state index in [0.29, 0.717) is 0 Å². The molecule has 0 aromatic rings. The highest BCUT2D eigenvalue weighted by Crippen LogP contribution is 2.04. The van der Waals surface area contributed by atoms with Gasteiger partial charge >= 0.3 is 0 Å². The smallest absolute Gasteiger partial charge is 0.246 e. The summed E-state index contributed by atoms with van der Waals surface area (Å²) >= 11 is 0. The molecule has 0 heterocycles. The zero-order valence-corrected chi connectivity index (χ0v) is 13.9. The first kappa shape index (κ1) is 19.3. The molecule has 0 saturated carbocycles. The maximum atomic E-state index is 11.3. The molecule has 0 aliphatic heterocycles. The molecule has 0 rings (SSSR count). The summed E-state index contributed by atoms with van der Waals surface area (Å²) in [6.07, 6.45) is 6.75. The molecule has 0 spiro atoms. The Kier molecular flexibility index (Phi) is 12.9. The van der Waals surface area contributed by atoms with Gasteiger partial charge in [-0.05, 0) is 35.9 Å². The minimum Gasteiger partial charge on any atom is -0.369 e. The van der Waals surface area contributed by atoms with Crippen LogP contribution in [0.25, 0.3) is 0 Å². The van der Waals surface area contributed by atoms with E-state index in [9.17, 15) is 9.59 Å². The van der Waals surface area contributed by atoms with E-state index in [4.69, 9.17) is 4.74 Å². The van der Waals surface area contributed by atoms with E-state index in [-0.39, 0.29) is 24.3 Å². The van der Waals surface area contributed by atoms with E-state index in [1.807, 2.05) is 13.8 Å². The van der Waals surface area contributed by atoms with Crippen LogP contribution in [-0.4, -0.2) is 37.4 Å². The lowest BCUT2D eigenvalue weighted by atomic mass is 10.1. The molecule has 2 N–H and O–H groups in total. The Morgan fingerprint density at radius 2 is 1.45 bits per heavy atom. The summed E-state index contributed by atoms with van der Waals surface area (Å²) < 4.78 is 5.21. The summed E-state index contributed by atoms with van der Waals surface area (Å²) in [6.45, 7) is 5.47. The zero-order valence-electron chi connectivity index (χ0n) is 12.7. The van der Waals surface area contributed by atoms with Crippen molar-refractivity contribution in [1.82, 2.24) is 10.6 Å². The van der Waals surface area contributed by atoms with Crippen molar-refractivity contribution in [3.63, 3.8) is 0 Å². The van der Waals surface area contributed by atoms with E-state index in [1.54, 1.807) is 0 Å². The molecule has 0 bridgehead atoms. The normalized spacial score (nSPS) is 10.6. The number of hydrogen-bond acceptors (Lipinski definition) is 3. The van der Waals surface area contributed by atoms with Gasteiger partial charge in [0, 0.05) is 13.1 Å². The van der Waals surface area contributed by atoms with E-state index in [0.717, 1.165) is 38.8 Å². The van der Waals surface area contributed by atoms with Crippen LogP contribution in [0.4, 0.5) is 4.79 Å². The first-order valence-electron chi connectivity index (χ1n) is 7.44. The number of carbonyl (C=O) groups is 2. The molecule has 1 unspecified atom stereocenters. The number of amides is 2. The summed E-state index contributed by atoms with van der Waals surface area (Å²) in [6, 6.07) is 0. The van der Waals surface area contributed by atoms with Crippen LogP contribution < -0.4 is 10.6 Å². The van der Waals surface area contributed by atoms with Crippen LogP contribution in [0.5, 0.6) is 0 Å². The molecule has 20 heavy (non-hydrogen) atoms. The third-order valence-electron chi connectivity index (χ3n) is 2.77. The first-order valence-corrected chi connectivity index (χ1v) is 8.01. The second kappa shape index (κ2) is 13.3. The van der Waals surface area contributed by atoms with Gasteiger partial charge in [0.25, 0.3) is 0 Å². The van der Waals surface area contributed by atoms with Crippen LogP contribution in [0, 0.1) is 0 Å². The number of carbonyl (C=O) groups excluding carboxylic acids is 2. The van der Waals surface area contributed by atoms with Crippen molar-refractivity contribution in [3.8, 4) is 0 Å². The highest BCUT2D eigenvalue weighted by molar-refractivity contribution is 7.39. The van der Waals surface area contributed by atoms with Crippen LogP contribution in [0.2, 0.25) is 0 Å². The minimum atomic E-state index is -0.0396. The highest BCUT2D eigenvalue weighted by atomic mass is 31.0. The third-order valence-corrected chi connectivity index (χ3v) is 2.98. The van der Waals surface area contributed by atoms with Gasteiger partial charge in [-0.15, -0.1) is 0 Å². The molecule has 0 aromatic heterocycles. The third kappa shape index (κ3) is 15.4. The SMILES string of the molecule is CC(C)OCC(=O)NCCCCCCCCNC(=O)P. The number of nitrogens with one attached hydrogen (secondary N) is 2. The topological polar surface area (TPSA) is 67.4 Å². The lowest BCUT2D eigenvalue weighted by Crippen LogP contribution is -2.29. The van der Waals surface area contributed by atoms with Crippen molar-refractivity contribution in [2.24, 2.45) is 0 Å². The van der Waals surface area contributed by atoms with Crippen molar-refractivity contribution in [2.45, 2.75) is 58.5 Å². The molecule has 5 nitrogen and oxygen atoms in total. The summed E-state index contributed by atoms with van der Waals surface area (Å²) in [5, 5.41) is 5.60. The number of unbranched alkanes of at least 4 members (excludes halogenated alkanes) is 5. The Hall–Kier alpha value is -0.670. The average Bonchev–Trinajstić information content (AvgIpc) is 2.38. The van der Waals surface area contributed by atoms with Crippen molar-refractivity contribution in [3.05, 3.63) is 0 Å². The van der Waals surface area contributed by atoms with Gasteiger partial charge in [0.15, 0.2) is 0 Å². The van der Waals surface area contributed by atoms with Gasteiger partial charge < -0.3 is 15.4 Å². The molecule has 118 valence electrons. The number of hydrogen-bond donors (Lipinski definition) is 2. The standard InChI is InChI=1S/C14H29N2O3P/c1-12(2)19-11-13(17)15-9-7-5-3-4-6-8-10-16-14(18)20/h12H,3-11,20H2,1-2H3,(H,15,17)(H,16,18). The fourth-order valence-electron chi connectivity index (χ4n) is 1.69. The van der Waals surface area contributed by atoms with E-state index >= 15 is 0 Å². The van der Waals surface area contributed by atoms with Gasteiger partial charge in [-0.2, -0.15) is 0 Å². The second-order valence-corrected chi connectivity index (χ2v) is 5.65. The second-order valence-electron chi connectivity index (χ2n) is 5.12. The summed E-state index contributed by atoms with van der Waals surface area (Å²) in [7, 11) is 2.11. The van der Waals surface area contributed by atoms with Gasteiger partial charge in [-0.3, -0.25) is 9.59 Å². The quantitative estimate of drug-likeness (QED) is 0.430. The lowest BCUT2D eigenvalue weighted by Gasteiger charge is -2.08. The van der Waals surface area contributed by atoms with E-state index in [1.165, 1.54) is 12.8 Å². The van der Waals surface area contributed by atoms with Gasteiger partial charge in [0.1, 0.15) is 6.61 Å². The molecule has 0 fully saturated rings. The average molecular weight is 304 g/mol. The molecule has 0 aliphatic carbocycles.